The molecule has 9 nitrogen and oxygen atoms in total. The quantitative estimate of drug-likeness (QED) is 0.192. The highest BCUT2D eigenvalue weighted by Gasteiger charge is 2.36. The summed E-state index contributed by atoms with van der Waals surface area (Å²) in [7, 11) is 1.57. The van der Waals surface area contributed by atoms with Crippen molar-refractivity contribution in [2.24, 2.45) is 0 Å². The average Bonchev–Trinajstić information content (AvgIpc) is 3.46. The third-order valence-corrected chi connectivity index (χ3v) is 8.95. The van der Waals surface area contributed by atoms with Gasteiger partial charge in [0.15, 0.2) is 5.69 Å². The number of nitrogens with two attached hydrogens (primary N) is 1. The van der Waals surface area contributed by atoms with E-state index in [4.69, 9.17) is 10.5 Å². The van der Waals surface area contributed by atoms with Crippen molar-refractivity contribution in [2.45, 2.75) is 57.5 Å². The van der Waals surface area contributed by atoms with Crippen LogP contribution in [0.5, 0.6) is 5.75 Å². The number of aromatic nitrogens is 1. The smallest absolute Gasteiger partial charge is 0.273 e. The summed E-state index contributed by atoms with van der Waals surface area (Å²) in [5.74, 6) is -0.648. The van der Waals surface area contributed by atoms with Crippen molar-refractivity contribution in [1.29, 1.82) is 0 Å². The Labute approximate surface area is 268 Å². The second-order valence-electron chi connectivity index (χ2n) is 11.3. The molecule has 1 atom stereocenters. The van der Waals surface area contributed by atoms with Crippen molar-refractivity contribution >= 4 is 40.6 Å². The number of anilines is 2. The summed E-state index contributed by atoms with van der Waals surface area (Å²) in [6, 6.07) is 23.3. The zero-order chi connectivity index (χ0) is 31.8. The van der Waals surface area contributed by atoms with E-state index in [2.05, 4.69) is 15.0 Å². The maximum absolute atomic E-state index is 14.5. The monoisotopic (exact) mass is 625 g/mol. The summed E-state index contributed by atoms with van der Waals surface area (Å²) in [6.07, 6.45) is 5.73. The van der Waals surface area contributed by atoms with E-state index in [9.17, 15) is 14.4 Å². The van der Waals surface area contributed by atoms with Crippen LogP contribution in [-0.4, -0.2) is 41.8 Å². The molecule has 4 aromatic rings. The molecule has 4 N–H and O–H groups in total. The van der Waals surface area contributed by atoms with Crippen molar-refractivity contribution in [2.75, 3.05) is 24.3 Å². The molecule has 0 bridgehead atoms. The zero-order valence-corrected chi connectivity index (χ0v) is 26.4. The van der Waals surface area contributed by atoms with Crippen LogP contribution in [0.3, 0.4) is 0 Å². The molecule has 1 aliphatic carbocycles. The number of rotatable bonds is 11. The molecule has 0 radical (unpaired) electrons. The van der Waals surface area contributed by atoms with Gasteiger partial charge in [-0.1, -0.05) is 79.4 Å². The highest BCUT2D eigenvalue weighted by molar-refractivity contribution is 7.09. The van der Waals surface area contributed by atoms with Gasteiger partial charge in [-0.3, -0.25) is 19.3 Å². The van der Waals surface area contributed by atoms with Crippen LogP contribution >= 0.6 is 11.5 Å². The second kappa shape index (κ2) is 14.9. The molecular weight excluding hydrogens is 586 g/mol. The van der Waals surface area contributed by atoms with E-state index in [0.717, 1.165) is 54.8 Å². The van der Waals surface area contributed by atoms with Gasteiger partial charge >= 0.3 is 0 Å². The molecule has 0 spiro atoms. The average molecular weight is 626 g/mol. The molecule has 234 valence electrons. The summed E-state index contributed by atoms with van der Waals surface area (Å²) in [5.41, 5.74) is 9.68. The number of nitrogens with zero attached hydrogens (tertiary/aromatic N) is 2. The van der Waals surface area contributed by atoms with Gasteiger partial charge in [0.25, 0.3) is 11.8 Å². The van der Waals surface area contributed by atoms with Crippen LogP contribution in [0.2, 0.25) is 0 Å². The SMILES string of the molecule is COc1ccc(C(C(=O)NCCc2ccccc2)N(C(=O)c2snc(C(=O)NC3CCCCC3)c2N)c2ccc(C)cc2)cc1. The number of ether oxygens (including phenoxy) is 1. The van der Waals surface area contributed by atoms with Crippen molar-refractivity contribution in [3.8, 4) is 5.75 Å². The minimum Gasteiger partial charge on any atom is -0.497 e. The van der Waals surface area contributed by atoms with Crippen LogP contribution in [-0.2, 0) is 11.2 Å². The number of carbonyl (C=O) groups excluding carboxylic acids is 3. The molecule has 1 fully saturated rings. The third-order valence-electron chi connectivity index (χ3n) is 8.10. The number of carbonyl (C=O) groups is 3. The first-order chi connectivity index (χ1) is 21.9. The number of nitrogen functional groups attached to an aromatic ring is 1. The van der Waals surface area contributed by atoms with Gasteiger partial charge in [0, 0.05) is 18.3 Å². The molecule has 1 unspecified atom stereocenters. The second-order valence-corrected chi connectivity index (χ2v) is 12.1. The first-order valence-corrected chi connectivity index (χ1v) is 16.0. The summed E-state index contributed by atoms with van der Waals surface area (Å²) >= 11 is 0.868. The number of hydrogen-bond donors (Lipinski definition) is 3. The lowest BCUT2D eigenvalue weighted by molar-refractivity contribution is -0.122. The van der Waals surface area contributed by atoms with Crippen LogP contribution in [0, 0.1) is 6.92 Å². The minimum atomic E-state index is -1.05. The Kier molecular flexibility index (Phi) is 10.5. The zero-order valence-electron chi connectivity index (χ0n) is 25.6. The highest BCUT2D eigenvalue weighted by atomic mass is 32.1. The van der Waals surface area contributed by atoms with E-state index in [1.54, 1.807) is 43.5 Å². The van der Waals surface area contributed by atoms with Crippen molar-refractivity contribution in [3.63, 3.8) is 0 Å². The Morgan fingerprint density at radius 2 is 1.67 bits per heavy atom. The summed E-state index contributed by atoms with van der Waals surface area (Å²) < 4.78 is 9.67. The third kappa shape index (κ3) is 7.69. The number of aryl methyl sites for hydroxylation is 1. The lowest BCUT2D eigenvalue weighted by Crippen LogP contribution is -2.44. The fraction of sp³-hybridized carbons (Fsp3) is 0.314. The Morgan fingerprint density at radius 3 is 2.33 bits per heavy atom. The number of amides is 3. The summed E-state index contributed by atoms with van der Waals surface area (Å²) in [4.78, 5) is 43.3. The first-order valence-electron chi connectivity index (χ1n) is 15.3. The number of hydrogen-bond acceptors (Lipinski definition) is 7. The van der Waals surface area contributed by atoms with Gasteiger partial charge in [-0.15, -0.1) is 0 Å². The fourth-order valence-electron chi connectivity index (χ4n) is 5.59. The van der Waals surface area contributed by atoms with Gasteiger partial charge in [0.1, 0.15) is 16.7 Å². The molecule has 3 aromatic carbocycles. The van der Waals surface area contributed by atoms with Gasteiger partial charge in [0.2, 0.25) is 5.91 Å². The molecule has 1 aromatic heterocycles. The molecule has 45 heavy (non-hydrogen) atoms. The predicted molar refractivity (Wildman–Crippen MR) is 178 cm³/mol. The molecule has 5 rings (SSSR count). The Hall–Kier alpha value is -4.70. The van der Waals surface area contributed by atoms with Crippen LogP contribution in [0.25, 0.3) is 0 Å². The molecule has 0 saturated heterocycles. The van der Waals surface area contributed by atoms with Gasteiger partial charge in [-0.2, -0.15) is 4.37 Å². The molecule has 3 amide bonds. The normalized spacial score (nSPS) is 13.9. The number of nitrogens with one attached hydrogen (secondary N) is 2. The fourth-order valence-corrected chi connectivity index (χ4v) is 6.32. The molecule has 0 aliphatic heterocycles. The van der Waals surface area contributed by atoms with E-state index in [-0.39, 0.29) is 34.1 Å². The highest BCUT2D eigenvalue weighted by Crippen LogP contribution is 2.34. The Bertz CT molecular complexity index is 1600. The van der Waals surface area contributed by atoms with E-state index in [1.807, 2.05) is 49.4 Å². The maximum atomic E-state index is 14.5. The molecule has 1 heterocycles. The molecule has 1 aliphatic rings. The standard InChI is InChI=1S/C35H39N5O4S/c1-23-13-17-27(18-14-23)40(35(43)32-29(36)30(39-45-32)33(41)38-26-11-7-4-8-12-26)31(25-15-19-28(44-2)20-16-25)34(42)37-22-21-24-9-5-3-6-10-24/h3,5-6,9-10,13-20,26,31H,4,7-8,11-12,21-22,36H2,1-2H3,(H,37,42)(H,38,41). The van der Waals surface area contributed by atoms with E-state index in [1.165, 1.54) is 4.90 Å². The van der Waals surface area contributed by atoms with Crippen LogP contribution < -0.4 is 26.0 Å². The van der Waals surface area contributed by atoms with Crippen LogP contribution in [0.15, 0.2) is 78.9 Å². The summed E-state index contributed by atoms with van der Waals surface area (Å²) in [6.45, 7) is 2.32. The summed E-state index contributed by atoms with van der Waals surface area (Å²) in [5, 5.41) is 6.07. The van der Waals surface area contributed by atoms with E-state index >= 15 is 0 Å². The maximum Gasteiger partial charge on any atom is 0.273 e. The Balaban J connectivity index is 1.49. The topological polar surface area (TPSA) is 127 Å². The molecular formula is C35H39N5O4S. The lowest BCUT2D eigenvalue weighted by atomic mass is 9.95. The van der Waals surface area contributed by atoms with Gasteiger partial charge in [-0.05, 0) is 73.1 Å². The van der Waals surface area contributed by atoms with Gasteiger partial charge < -0.3 is 21.1 Å². The molecule has 1 saturated carbocycles. The largest absolute Gasteiger partial charge is 0.497 e. The van der Waals surface area contributed by atoms with E-state index in [0.29, 0.717) is 30.0 Å². The van der Waals surface area contributed by atoms with Gasteiger partial charge in [-0.25, -0.2) is 0 Å². The number of benzene rings is 3. The van der Waals surface area contributed by atoms with Crippen molar-refractivity contribution in [3.05, 3.63) is 106 Å². The van der Waals surface area contributed by atoms with Gasteiger partial charge in [0.05, 0.1) is 12.8 Å². The Morgan fingerprint density at radius 1 is 0.978 bits per heavy atom. The number of methoxy groups -OCH3 is 1. The first kappa shape index (κ1) is 31.7. The predicted octanol–water partition coefficient (Wildman–Crippen LogP) is 5.85. The van der Waals surface area contributed by atoms with E-state index < -0.39 is 11.9 Å². The minimum absolute atomic E-state index is 0.00777. The van der Waals surface area contributed by atoms with Crippen molar-refractivity contribution in [1.82, 2.24) is 15.0 Å². The van der Waals surface area contributed by atoms with Crippen molar-refractivity contribution < 1.29 is 19.1 Å². The molecule has 10 heteroatoms. The van der Waals surface area contributed by atoms with Crippen LogP contribution in [0.1, 0.15) is 75.0 Å². The van der Waals surface area contributed by atoms with Crippen LogP contribution in [0.4, 0.5) is 11.4 Å². The lowest BCUT2D eigenvalue weighted by Gasteiger charge is -2.31.